The number of anilines is 1. The molecule has 0 radical (unpaired) electrons. The molecule has 0 spiro atoms. The smallest absolute Gasteiger partial charge is 0.262 e. The summed E-state index contributed by atoms with van der Waals surface area (Å²) >= 11 is 0. The lowest BCUT2D eigenvalue weighted by Crippen LogP contribution is -2.25. The summed E-state index contributed by atoms with van der Waals surface area (Å²) in [7, 11) is 1.89. The molecule has 0 saturated heterocycles. The molecule has 1 aromatic carbocycles. The second-order valence-corrected chi connectivity index (χ2v) is 3.20. The molecule has 74 valence electrons. The lowest BCUT2D eigenvalue weighted by Gasteiger charge is -2.18. The Hall–Kier alpha value is -1.55. The normalized spacial score (nSPS) is 14.2. The maximum Gasteiger partial charge on any atom is 0.262 e. The molecule has 0 fully saturated rings. The summed E-state index contributed by atoms with van der Waals surface area (Å²) in [5.74, 6) is 0.649. The first-order valence-electron chi connectivity index (χ1n) is 4.50. The van der Waals surface area contributed by atoms with Crippen molar-refractivity contribution in [1.29, 1.82) is 0 Å². The van der Waals surface area contributed by atoms with Crippen LogP contribution in [0.4, 0.5) is 5.69 Å². The standard InChI is InChI=1S/C10H12N2O2/c1-11-5-7-2-3-8-9(4-7)14-6-10(13)12-8/h2-4,11H,5-6H2,1H3,(H,12,13). The predicted molar refractivity (Wildman–Crippen MR) is 53.3 cm³/mol. The summed E-state index contributed by atoms with van der Waals surface area (Å²) in [6, 6.07) is 5.76. The molecular formula is C10H12N2O2. The van der Waals surface area contributed by atoms with Crippen LogP contribution in [0, 0.1) is 0 Å². The Labute approximate surface area is 82.3 Å². The Morgan fingerprint density at radius 2 is 2.43 bits per heavy atom. The van der Waals surface area contributed by atoms with Crippen molar-refractivity contribution in [3.8, 4) is 5.75 Å². The van der Waals surface area contributed by atoms with Gasteiger partial charge in [-0.05, 0) is 24.7 Å². The number of nitrogens with one attached hydrogen (secondary N) is 2. The monoisotopic (exact) mass is 192 g/mol. The fourth-order valence-electron chi connectivity index (χ4n) is 1.43. The molecule has 1 amide bonds. The van der Waals surface area contributed by atoms with Gasteiger partial charge < -0.3 is 15.4 Å². The van der Waals surface area contributed by atoms with Crippen LogP contribution in [0.3, 0.4) is 0 Å². The van der Waals surface area contributed by atoms with E-state index in [1.807, 2.05) is 25.2 Å². The number of fused-ring (bicyclic) bond motifs is 1. The first-order valence-corrected chi connectivity index (χ1v) is 4.50. The number of rotatable bonds is 2. The third-order valence-electron chi connectivity index (χ3n) is 2.06. The van der Waals surface area contributed by atoms with E-state index in [1.54, 1.807) is 0 Å². The molecule has 0 aromatic heterocycles. The third kappa shape index (κ3) is 1.70. The van der Waals surface area contributed by atoms with Gasteiger partial charge in [-0.2, -0.15) is 0 Å². The third-order valence-corrected chi connectivity index (χ3v) is 2.06. The van der Waals surface area contributed by atoms with E-state index in [9.17, 15) is 4.79 Å². The lowest BCUT2D eigenvalue weighted by molar-refractivity contribution is -0.118. The Bertz CT molecular complexity index is 363. The van der Waals surface area contributed by atoms with E-state index in [-0.39, 0.29) is 12.5 Å². The average molecular weight is 192 g/mol. The van der Waals surface area contributed by atoms with Crippen molar-refractivity contribution in [3.05, 3.63) is 23.8 Å². The molecule has 2 N–H and O–H groups in total. The molecule has 2 rings (SSSR count). The highest BCUT2D eigenvalue weighted by Gasteiger charge is 2.15. The summed E-state index contributed by atoms with van der Waals surface area (Å²) in [6.07, 6.45) is 0. The Kier molecular flexibility index (Phi) is 2.37. The van der Waals surface area contributed by atoms with Gasteiger partial charge in [0.1, 0.15) is 5.75 Å². The van der Waals surface area contributed by atoms with Crippen LogP contribution < -0.4 is 15.4 Å². The second-order valence-electron chi connectivity index (χ2n) is 3.20. The molecule has 0 saturated carbocycles. The van der Waals surface area contributed by atoms with Crippen LogP contribution in [0.2, 0.25) is 0 Å². The van der Waals surface area contributed by atoms with E-state index < -0.39 is 0 Å². The predicted octanol–water partition coefficient (Wildman–Crippen LogP) is 0.737. The number of benzene rings is 1. The highest BCUT2D eigenvalue weighted by atomic mass is 16.5. The van der Waals surface area contributed by atoms with Gasteiger partial charge in [-0.3, -0.25) is 4.79 Å². The summed E-state index contributed by atoms with van der Waals surface area (Å²) < 4.78 is 5.28. The van der Waals surface area contributed by atoms with Crippen LogP contribution in [0.25, 0.3) is 0 Å². The fourth-order valence-corrected chi connectivity index (χ4v) is 1.43. The molecule has 0 bridgehead atoms. The summed E-state index contributed by atoms with van der Waals surface area (Å²) in [5.41, 5.74) is 1.89. The quantitative estimate of drug-likeness (QED) is 0.726. The molecule has 1 aromatic rings. The molecule has 4 nitrogen and oxygen atoms in total. The van der Waals surface area contributed by atoms with E-state index in [0.29, 0.717) is 0 Å². The van der Waals surface area contributed by atoms with Crippen LogP contribution in [-0.4, -0.2) is 19.6 Å². The van der Waals surface area contributed by atoms with E-state index in [2.05, 4.69) is 10.6 Å². The lowest BCUT2D eigenvalue weighted by atomic mass is 10.1. The van der Waals surface area contributed by atoms with Crippen molar-refractivity contribution < 1.29 is 9.53 Å². The average Bonchev–Trinajstić information content (AvgIpc) is 2.19. The minimum atomic E-state index is -0.0983. The van der Waals surface area contributed by atoms with Crippen LogP contribution in [0.1, 0.15) is 5.56 Å². The van der Waals surface area contributed by atoms with Crippen molar-refractivity contribution in [2.45, 2.75) is 6.54 Å². The zero-order valence-electron chi connectivity index (χ0n) is 7.96. The van der Waals surface area contributed by atoms with Gasteiger partial charge in [-0.25, -0.2) is 0 Å². The summed E-state index contributed by atoms with van der Waals surface area (Å²) in [6.45, 7) is 0.903. The topological polar surface area (TPSA) is 50.4 Å². The van der Waals surface area contributed by atoms with Gasteiger partial charge in [0.15, 0.2) is 6.61 Å². The Morgan fingerprint density at radius 1 is 1.57 bits per heavy atom. The van der Waals surface area contributed by atoms with Crippen LogP contribution in [0.15, 0.2) is 18.2 Å². The fraction of sp³-hybridized carbons (Fsp3) is 0.300. The van der Waals surface area contributed by atoms with Gasteiger partial charge in [-0.15, -0.1) is 0 Å². The second kappa shape index (κ2) is 3.67. The van der Waals surface area contributed by atoms with E-state index in [4.69, 9.17) is 4.74 Å². The number of carbonyl (C=O) groups excluding carboxylic acids is 1. The van der Waals surface area contributed by atoms with Crippen LogP contribution >= 0.6 is 0 Å². The van der Waals surface area contributed by atoms with Crippen molar-refractivity contribution in [2.75, 3.05) is 19.0 Å². The van der Waals surface area contributed by atoms with Gasteiger partial charge in [0.2, 0.25) is 0 Å². The van der Waals surface area contributed by atoms with E-state index in [0.717, 1.165) is 23.5 Å². The summed E-state index contributed by atoms with van der Waals surface area (Å²) in [4.78, 5) is 11.0. The summed E-state index contributed by atoms with van der Waals surface area (Å²) in [5, 5.41) is 5.80. The molecule has 14 heavy (non-hydrogen) atoms. The van der Waals surface area contributed by atoms with Gasteiger partial charge in [0.25, 0.3) is 5.91 Å². The molecule has 1 aliphatic heterocycles. The minimum Gasteiger partial charge on any atom is -0.482 e. The number of carbonyl (C=O) groups is 1. The number of ether oxygens (including phenoxy) is 1. The van der Waals surface area contributed by atoms with Crippen molar-refractivity contribution in [2.24, 2.45) is 0 Å². The molecule has 4 heteroatoms. The van der Waals surface area contributed by atoms with E-state index >= 15 is 0 Å². The maximum absolute atomic E-state index is 11.0. The SMILES string of the molecule is CNCc1ccc2c(c1)OCC(=O)N2. The first-order chi connectivity index (χ1) is 6.79. The highest BCUT2D eigenvalue weighted by Crippen LogP contribution is 2.28. The molecule has 0 unspecified atom stereocenters. The largest absolute Gasteiger partial charge is 0.482 e. The Balaban J connectivity index is 2.26. The molecule has 1 aliphatic rings. The van der Waals surface area contributed by atoms with Gasteiger partial charge >= 0.3 is 0 Å². The van der Waals surface area contributed by atoms with E-state index in [1.165, 1.54) is 0 Å². The molecular weight excluding hydrogens is 180 g/mol. The zero-order valence-corrected chi connectivity index (χ0v) is 7.96. The maximum atomic E-state index is 11.0. The van der Waals surface area contributed by atoms with Gasteiger partial charge in [0, 0.05) is 6.54 Å². The van der Waals surface area contributed by atoms with Gasteiger partial charge in [-0.1, -0.05) is 6.07 Å². The molecule has 0 aliphatic carbocycles. The Morgan fingerprint density at radius 3 is 3.21 bits per heavy atom. The molecule has 1 heterocycles. The number of hydrogen-bond donors (Lipinski definition) is 2. The number of hydrogen-bond acceptors (Lipinski definition) is 3. The first kappa shape index (κ1) is 9.02. The highest BCUT2D eigenvalue weighted by molar-refractivity contribution is 5.95. The molecule has 0 atom stereocenters. The van der Waals surface area contributed by atoms with Crippen molar-refractivity contribution >= 4 is 11.6 Å². The minimum absolute atomic E-state index is 0.0983. The van der Waals surface area contributed by atoms with Crippen LogP contribution in [0.5, 0.6) is 5.75 Å². The zero-order chi connectivity index (χ0) is 9.97. The van der Waals surface area contributed by atoms with Gasteiger partial charge in [0.05, 0.1) is 5.69 Å². The number of amides is 1. The van der Waals surface area contributed by atoms with Crippen molar-refractivity contribution in [1.82, 2.24) is 5.32 Å². The van der Waals surface area contributed by atoms with Crippen LogP contribution in [-0.2, 0) is 11.3 Å². The van der Waals surface area contributed by atoms with Crippen molar-refractivity contribution in [3.63, 3.8) is 0 Å².